The van der Waals surface area contributed by atoms with E-state index in [0.29, 0.717) is 0 Å². The van der Waals surface area contributed by atoms with Crippen molar-refractivity contribution in [1.29, 1.82) is 0 Å². The van der Waals surface area contributed by atoms with E-state index in [-0.39, 0.29) is 21.1 Å². The van der Waals surface area contributed by atoms with Gasteiger partial charge in [0, 0.05) is 5.69 Å². The van der Waals surface area contributed by atoms with Crippen molar-refractivity contribution in [2.45, 2.75) is 12.8 Å². The van der Waals surface area contributed by atoms with Gasteiger partial charge < -0.3 is 10.3 Å². The minimum Gasteiger partial charge on any atom is -0.657 e. The zero-order valence-corrected chi connectivity index (χ0v) is 28.2. The second kappa shape index (κ2) is 12.6. The van der Waals surface area contributed by atoms with E-state index in [1.165, 1.54) is 11.1 Å². The van der Waals surface area contributed by atoms with Gasteiger partial charge in [0.05, 0.1) is 11.4 Å². The maximum atomic E-state index is 5.29. The van der Waals surface area contributed by atoms with Crippen LogP contribution >= 0.6 is 0 Å². The third-order valence-corrected chi connectivity index (χ3v) is 8.96. The summed E-state index contributed by atoms with van der Waals surface area (Å²) in [4.78, 5) is 17.7. The Morgan fingerprint density at radius 2 is 1.10 bits per heavy atom. The molecule has 3 aromatic heterocycles. The molecule has 0 fully saturated rings. The van der Waals surface area contributed by atoms with Gasteiger partial charge in [0.15, 0.2) is 0 Å². The molecule has 1 aliphatic rings. The van der Waals surface area contributed by atoms with Crippen molar-refractivity contribution < 1.29 is 21.1 Å². The van der Waals surface area contributed by atoms with Crippen LogP contribution in [0.25, 0.3) is 49.6 Å². The second-order valence-corrected chi connectivity index (χ2v) is 11.8. The summed E-state index contributed by atoms with van der Waals surface area (Å²) in [5.41, 5.74) is 11.2. The number of pyridine rings is 2. The van der Waals surface area contributed by atoms with Gasteiger partial charge in [-0.1, -0.05) is 126 Å². The van der Waals surface area contributed by atoms with E-state index in [9.17, 15) is 0 Å². The zero-order valence-electron chi connectivity index (χ0n) is 25.9. The second-order valence-electron chi connectivity index (χ2n) is 11.8. The quantitative estimate of drug-likeness (QED) is 0.174. The van der Waals surface area contributed by atoms with Gasteiger partial charge in [-0.05, 0) is 71.1 Å². The molecule has 9 rings (SSSR count). The summed E-state index contributed by atoms with van der Waals surface area (Å²) in [7, 11) is 0. The first-order valence-corrected chi connectivity index (χ1v) is 16.0. The van der Waals surface area contributed by atoms with Crippen LogP contribution in [0.5, 0.6) is 0 Å². The van der Waals surface area contributed by atoms with E-state index in [1.54, 1.807) is 0 Å². The van der Waals surface area contributed by atoms with Crippen molar-refractivity contribution in [2.75, 3.05) is 4.90 Å². The number of benzene rings is 5. The number of hydrogen-bond acceptors (Lipinski definition) is 3. The number of anilines is 3. The Bertz CT molecular complexity index is 2420. The van der Waals surface area contributed by atoms with Crippen molar-refractivity contribution in [3.8, 4) is 22.5 Å². The average Bonchev–Trinajstić information content (AvgIpc) is 3.40. The summed E-state index contributed by atoms with van der Waals surface area (Å²) in [5.74, 6) is 1.55. The van der Waals surface area contributed by atoms with Gasteiger partial charge in [-0.15, -0.1) is 22.4 Å². The van der Waals surface area contributed by atoms with E-state index >= 15 is 0 Å². The molecule has 5 nitrogen and oxygen atoms in total. The van der Waals surface area contributed by atoms with Crippen LogP contribution in [0, 0.1) is 0 Å². The fourth-order valence-corrected chi connectivity index (χ4v) is 6.71. The molecular formula is C42H29N5Pt. The molecule has 0 N–H and O–H groups in total. The van der Waals surface area contributed by atoms with Crippen LogP contribution in [-0.2, 0) is 33.9 Å². The zero-order chi connectivity index (χ0) is 31.2. The van der Waals surface area contributed by atoms with E-state index < -0.39 is 0 Å². The molecule has 8 aromatic rings. The first-order valence-electron chi connectivity index (χ1n) is 16.0. The number of fused-ring (bicyclic) bond motifs is 5. The van der Waals surface area contributed by atoms with E-state index in [0.717, 1.165) is 85.9 Å². The molecule has 0 radical (unpaired) electrons. The molecule has 0 bridgehead atoms. The number of rotatable bonds is 5. The topological polar surface area (TPSA) is 57.2 Å². The fraction of sp³-hybridized carbons (Fsp3) is 0.0476. The molecule has 4 heterocycles. The van der Waals surface area contributed by atoms with Crippen molar-refractivity contribution in [2.24, 2.45) is 0 Å². The summed E-state index contributed by atoms with van der Waals surface area (Å²) in [6.45, 7) is 0. The predicted octanol–water partition coefficient (Wildman–Crippen LogP) is 11.0. The Kier molecular flexibility index (Phi) is 7.83. The van der Waals surface area contributed by atoms with Crippen LogP contribution in [0.2, 0.25) is 0 Å². The molecule has 48 heavy (non-hydrogen) atoms. The first kappa shape index (κ1) is 29.9. The molecule has 0 unspecified atom stereocenters. The molecule has 0 atom stereocenters. The van der Waals surface area contributed by atoms with Gasteiger partial charge in [-0.3, -0.25) is 4.90 Å². The smallest absolute Gasteiger partial charge is 0.657 e. The summed E-state index contributed by atoms with van der Waals surface area (Å²) >= 11 is 0. The fourth-order valence-electron chi connectivity index (χ4n) is 6.71. The third-order valence-electron chi connectivity index (χ3n) is 8.96. The van der Waals surface area contributed by atoms with E-state index in [1.807, 2.05) is 36.4 Å². The van der Waals surface area contributed by atoms with Crippen LogP contribution in [0.15, 0.2) is 152 Å². The van der Waals surface area contributed by atoms with Crippen LogP contribution < -0.4 is 9.88 Å². The monoisotopic (exact) mass is 798 g/mol. The number of hydrogen-bond donors (Lipinski definition) is 0. The van der Waals surface area contributed by atoms with Gasteiger partial charge in [0.1, 0.15) is 11.6 Å². The Morgan fingerprint density at radius 1 is 0.500 bits per heavy atom. The maximum Gasteiger partial charge on any atom is 2.00 e. The molecular weight excluding hydrogens is 770 g/mol. The normalized spacial score (nSPS) is 12.0. The minimum absolute atomic E-state index is 0. The van der Waals surface area contributed by atoms with Crippen molar-refractivity contribution in [1.82, 2.24) is 15.0 Å². The van der Waals surface area contributed by atoms with Crippen molar-refractivity contribution >= 4 is 50.5 Å². The van der Waals surface area contributed by atoms with Crippen molar-refractivity contribution in [3.05, 3.63) is 168 Å². The summed E-state index contributed by atoms with van der Waals surface area (Å²) in [6, 6.07) is 52.2. The minimum atomic E-state index is 0. The number of para-hydroxylation sites is 5. The van der Waals surface area contributed by atoms with Gasteiger partial charge in [-0.2, -0.15) is 0 Å². The molecule has 6 heteroatoms. The Hall–Kier alpha value is -5.51. The van der Waals surface area contributed by atoms with Crippen molar-refractivity contribution in [3.63, 3.8) is 0 Å². The van der Waals surface area contributed by atoms with Gasteiger partial charge in [0.25, 0.3) is 0 Å². The Balaban J connectivity index is 0.00000336. The summed E-state index contributed by atoms with van der Waals surface area (Å²) < 4.78 is 0. The first-order chi connectivity index (χ1) is 23.3. The summed E-state index contributed by atoms with van der Waals surface area (Å²) in [6.07, 6.45) is 1.91. The van der Waals surface area contributed by atoms with E-state index in [4.69, 9.17) is 20.3 Å². The largest absolute Gasteiger partial charge is 2.00 e. The van der Waals surface area contributed by atoms with Crippen LogP contribution in [0.4, 0.5) is 28.7 Å². The molecule has 0 saturated carbocycles. The Morgan fingerprint density at radius 3 is 1.94 bits per heavy atom. The standard InChI is InChI=1S/C42H29N5.Pt/c1-2-14-30(15-3-1)47(40-25-11-23-38(44-40)34-19-9-17-32-31-16-5-7-21-36(31)46-42(32)34)39-24-10-22-37(43-39)33-18-8-13-29-27-26-28-12-4-6-20-35(28)45-41(29)33;/h1-25H,26-27H2;/q-2;+2. The molecule has 0 amide bonds. The van der Waals surface area contributed by atoms with Gasteiger partial charge >= 0.3 is 21.1 Å². The van der Waals surface area contributed by atoms with Crippen LogP contribution in [0.1, 0.15) is 11.1 Å². The number of nitrogens with zero attached hydrogens (tertiary/aromatic N) is 5. The van der Waals surface area contributed by atoms with Crippen LogP contribution in [-0.4, -0.2) is 9.97 Å². The molecule has 5 aromatic carbocycles. The molecule has 1 aliphatic heterocycles. The molecule has 0 aliphatic carbocycles. The third kappa shape index (κ3) is 5.27. The molecule has 0 saturated heterocycles. The maximum absolute atomic E-state index is 5.29. The molecule has 232 valence electrons. The number of aryl methyl sites for hydroxylation is 2. The van der Waals surface area contributed by atoms with Crippen LogP contribution in [0.3, 0.4) is 0 Å². The molecule has 0 spiro atoms. The SMILES string of the molecule is [Pt+2].c1ccc(N(c2cccc(-c3cccc4c3[N-]c3ccccc3CC4)n2)c2cccc(-c3cccc4c3[n-]c3ccccc34)n2)cc1. The average molecular weight is 799 g/mol. The Labute approximate surface area is 293 Å². The van der Waals surface area contributed by atoms with Gasteiger partial charge in [0.2, 0.25) is 0 Å². The predicted molar refractivity (Wildman–Crippen MR) is 192 cm³/mol. The van der Waals surface area contributed by atoms with E-state index in [2.05, 4.69) is 120 Å². The number of aromatic nitrogens is 3. The van der Waals surface area contributed by atoms with Gasteiger partial charge in [-0.25, -0.2) is 9.97 Å². The summed E-state index contributed by atoms with van der Waals surface area (Å²) in [5, 5.41) is 7.47.